The summed E-state index contributed by atoms with van der Waals surface area (Å²) in [5.41, 5.74) is 4.21. The highest BCUT2D eigenvalue weighted by Gasteiger charge is 2.21. The fourth-order valence-electron chi connectivity index (χ4n) is 3.53. The highest BCUT2D eigenvalue weighted by Crippen LogP contribution is 2.15. The molecule has 0 aliphatic rings. The quantitative estimate of drug-likeness (QED) is 0.230. The first-order chi connectivity index (χ1) is 17.8. The van der Waals surface area contributed by atoms with Crippen LogP contribution in [0, 0.1) is 12.7 Å². The van der Waals surface area contributed by atoms with Crippen molar-refractivity contribution in [2.75, 3.05) is 5.32 Å². The number of hydrogen-bond donors (Lipinski definition) is 2. The van der Waals surface area contributed by atoms with Crippen molar-refractivity contribution >= 4 is 23.7 Å². The van der Waals surface area contributed by atoms with Crippen LogP contribution in [0.25, 0.3) is 5.69 Å². The van der Waals surface area contributed by atoms with Crippen molar-refractivity contribution in [2.45, 2.75) is 13.5 Å². The predicted octanol–water partition coefficient (Wildman–Crippen LogP) is 3.29. The number of benzene rings is 3. The Morgan fingerprint density at radius 1 is 1.00 bits per heavy atom. The van der Waals surface area contributed by atoms with E-state index in [2.05, 4.69) is 15.8 Å². The van der Waals surface area contributed by atoms with Crippen molar-refractivity contribution < 1.29 is 18.7 Å². The van der Waals surface area contributed by atoms with Crippen LogP contribution >= 0.6 is 0 Å². The summed E-state index contributed by atoms with van der Waals surface area (Å²) in [6.45, 7) is 1.92. The van der Waals surface area contributed by atoms with Gasteiger partial charge in [-0.1, -0.05) is 42.5 Å². The molecule has 10 heteroatoms. The van der Waals surface area contributed by atoms with E-state index in [0.717, 1.165) is 5.56 Å². The van der Waals surface area contributed by atoms with Crippen molar-refractivity contribution in [3.63, 3.8) is 0 Å². The van der Waals surface area contributed by atoms with E-state index in [9.17, 15) is 18.8 Å². The fraction of sp³-hybridized carbons (Fsp3) is 0.111. The van der Waals surface area contributed by atoms with Crippen LogP contribution in [0.3, 0.4) is 0 Å². The van der Waals surface area contributed by atoms with Crippen LogP contribution in [0.4, 0.5) is 10.1 Å². The lowest BCUT2D eigenvalue weighted by Gasteiger charge is -2.07. The second-order valence-electron chi connectivity index (χ2n) is 8.08. The number of nitrogens with zero attached hydrogens (tertiary/aromatic N) is 3. The first-order valence-corrected chi connectivity index (χ1v) is 11.3. The van der Waals surface area contributed by atoms with Gasteiger partial charge >= 0.3 is 11.8 Å². The van der Waals surface area contributed by atoms with Gasteiger partial charge in [0.15, 0.2) is 0 Å². The van der Waals surface area contributed by atoms with E-state index in [0.29, 0.717) is 22.7 Å². The first kappa shape index (κ1) is 25.1. The van der Waals surface area contributed by atoms with E-state index in [4.69, 9.17) is 4.74 Å². The minimum absolute atomic E-state index is 0.00138. The third-order valence-corrected chi connectivity index (χ3v) is 5.56. The van der Waals surface area contributed by atoms with Gasteiger partial charge in [0, 0.05) is 7.05 Å². The molecule has 0 aliphatic heterocycles. The molecule has 0 spiro atoms. The molecule has 0 bridgehead atoms. The zero-order valence-corrected chi connectivity index (χ0v) is 20.1. The predicted molar refractivity (Wildman–Crippen MR) is 137 cm³/mol. The van der Waals surface area contributed by atoms with Crippen LogP contribution in [-0.4, -0.2) is 27.4 Å². The monoisotopic (exact) mass is 501 g/mol. The van der Waals surface area contributed by atoms with E-state index in [-0.39, 0.29) is 18.1 Å². The molecule has 3 aromatic carbocycles. The normalized spacial score (nSPS) is 10.9. The number of nitrogens with one attached hydrogen (secondary N) is 2. The molecule has 0 saturated heterocycles. The zero-order chi connectivity index (χ0) is 26.4. The van der Waals surface area contributed by atoms with Gasteiger partial charge in [-0.2, -0.15) is 5.10 Å². The van der Waals surface area contributed by atoms with Gasteiger partial charge in [-0.3, -0.25) is 19.1 Å². The molecule has 0 aliphatic carbocycles. The van der Waals surface area contributed by atoms with Gasteiger partial charge in [0.1, 0.15) is 23.9 Å². The van der Waals surface area contributed by atoms with Crippen LogP contribution in [0.1, 0.15) is 16.8 Å². The Kier molecular flexibility index (Phi) is 7.58. The lowest BCUT2D eigenvalue weighted by molar-refractivity contribution is -0.136. The highest BCUT2D eigenvalue weighted by molar-refractivity contribution is 6.39. The summed E-state index contributed by atoms with van der Waals surface area (Å²) in [5.74, 6) is -1.83. The van der Waals surface area contributed by atoms with Gasteiger partial charge < -0.3 is 10.1 Å². The van der Waals surface area contributed by atoms with Crippen LogP contribution in [0.5, 0.6) is 5.75 Å². The van der Waals surface area contributed by atoms with Crippen LogP contribution in [-0.2, 0) is 23.2 Å². The lowest BCUT2D eigenvalue weighted by Crippen LogP contribution is -2.34. The van der Waals surface area contributed by atoms with Gasteiger partial charge in [0.05, 0.1) is 17.6 Å². The van der Waals surface area contributed by atoms with Crippen molar-refractivity contribution in [1.82, 2.24) is 14.8 Å². The largest absolute Gasteiger partial charge is 0.489 e. The Bertz CT molecular complexity index is 1510. The molecule has 0 unspecified atom stereocenters. The Labute approximate surface area is 211 Å². The summed E-state index contributed by atoms with van der Waals surface area (Å²) < 4.78 is 21.7. The van der Waals surface area contributed by atoms with E-state index >= 15 is 0 Å². The number of ether oxygens (including phenoxy) is 1. The maximum Gasteiger partial charge on any atom is 0.329 e. The second kappa shape index (κ2) is 11.2. The van der Waals surface area contributed by atoms with Gasteiger partial charge in [0.25, 0.3) is 5.56 Å². The van der Waals surface area contributed by atoms with E-state index in [1.165, 1.54) is 23.0 Å². The number of carbonyl (C=O) groups excluding carboxylic acids is 2. The fourth-order valence-corrected chi connectivity index (χ4v) is 3.53. The number of rotatable bonds is 7. The molecule has 2 amide bonds. The third-order valence-electron chi connectivity index (χ3n) is 5.56. The number of para-hydroxylation sites is 1. The molecule has 188 valence electrons. The Balaban J connectivity index is 1.36. The van der Waals surface area contributed by atoms with Gasteiger partial charge in [-0.25, -0.2) is 14.5 Å². The highest BCUT2D eigenvalue weighted by atomic mass is 19.1. The molecule has 1 aromatic heterocycles. The van der Waals surface area contributed by atoms with E-state index in [1.807, 2.05) is 6.07 Å². The lowest BCUT2D eigenvalue weighted by atomic mass is 10.2. The van der Waals surface area contributed by atoms with Gasteiger partial charge in [-0.05, 0) is 54.4 Å². The average molecular weight is 502 g/mol. The Morgan fingerprint density at radius 3 is 2.46 bits per heavy atom. The topological polar surface area (TPSA) is 107 Å². The molecule has 9 nitrogen and oxygen atoms in total. The SMILES string of the molecule is Cc1c(NC(=O)C(=O)N/N=C/c2cccc(OCc3ccc(F)cc3)c2)c(=O)n(-c2ccccc2)n1C. The smallest absolute Gasteiger partial charge is 0.329 e. The van der Waals surface area contributed by atoms with Crippen LogP contribution < -0.4 is 21.0 Å². The summed E-state index contributed by atoms with van der Waals surface area (Å²) in [6.07, 6.45) is 1.35. The summed E-state index contributed by atoms with van der Waals surface area (Å²) in [5, 5.41) is 6.20. The standard InChI is InChI=1S/C27H24FN5O4/c1-18-24(27(36)33(32(18)2)22-8-4-3-5-9-22)30-25(34)26(35)31-29-16-20-7-6-10-23(15-20)37-17-19-11-13-21(28)14-12-19/h3-16H,17H2,1-2H3,(H,30,34)(H,31,35)/b29-16+. The minimum atomic E-state index is -1.03. The van der Waals surface area contributed by atoms with Crippen LogP contribution in [0.15, 0.2) is 88.8 Å². The van der Waals surface area contributed by atoms with Crippen molar-refractivity contribution in [3.8, 4) is 11.4 Å². The average Bonchev–Trinajstić information content (AvgIpc) is 3.11. The molecular formula is C27H24FN5O4. The molecular weight excluding hydrogens is 477 g/mol. The minimum Gasteiger partial charge on any atom is -0.489 e. The molecule has 1 heterocycles. The van der Waals surface area contributed by atoms with Crippen molar-refractivity contribution in [3.05, 3.63) is 112 Å². The van der Waals surface area contributed by atoms with E-state index in [1.54, 1.807) is 79.3 Å². The van der Waals surface area contributed by atoms with Crippen molar-refractivity contribution in [2.24, 2.45) is 12.1 Å². The number of amides is 2. The molecule has 4 rings (SSSR count). The molecule has 0 saturated carbocycles. The second-order valence-corrected chi connectivity index (χ2v) is 8.08. The summed E-state index contributed by atoms with van der Waals surface area (Å²) in [7, 11) is 1.68. The van der Waals surface area contributed by atoms with Crippen LogP contribution in [0.2, 0.25) is 0 Å². The summed E-state index contributed by atoms with van der Waals surface area (Å²) >= 11 is 0. The molecule has 4 aromatic rings. The Morgan fingerprint density at radius 2 is 1.73 bits per heavy atom. The number of anilines is 1. The molecule has 0 atom stereocenters. The molecule has 0 fully saturated rings. The first-order valence-electron chi connectivity index (χ1n) is 11.3. The number of hydrogen-bond acceptors (Lipinski definition) is 5. The maximum atomic E-state index is 13.0. The van der Waals surface area contributed by atoms with Crippen molar-refractivity contribution in [1.29, 1.82) is 0 Å². The number of carbonyl (C=O) groups is 2. The number of hydrazone groups is 1. The van der Waals surface area contributed by atoms with E-state index < -0.39 is 17.4 Å². The number of aromatic nitrogens is 2. The summed E-state index contributed by atoms with van der Waals surface area (Å²) in [6, 6.07) is 21.8. The zero-order valence-electron chi connectivity index (χ0n) is 20.1. The van der Waals surface area contributed by atoms with Gasteiger partial charge in [-0.15, -0.1) is 0 Å². The molecule has 0 radical (unpaired) electrons. The molecule has 2 N–H and O–H groups in total. The summed E-state index contributed by atoms with van der Waals surface area (Å²) in [4.78, 5) is 37.6. The Hall–Kier alpha value is -4.99. The number of halogens is 1. The maximum absolute atomic E-state index is 13.0. The molecule has 37 heavy (non-hydrogen) atoms. The third kappa shape index (κ3) is 5.99. The van der Waals surface area contributed by atoms with Gasteiger partial charge in [0.2, 0.25) is 0 Å².